The van der Waals surface area contributed by atoms with Gasteiger partial charge in [0, 0.05) is 0 Å². The molecule has 2 unspecified atom stereocenters. The van der Waals surface area contributed by atoms with E-state index in [4.69, 9.17) is 16.9 Å². The van der Waals surface area contributed by atoms with Gasteiger partial charge in [0.1, 0.15) is 0 Å². The smallest absolute Gasteiger partial charge is 0.0700 e. The highest BCUT2D eigenvalue weighted by molar-refractivity contribution is 6.22. The zero-order chi connectivity index (χ0) is 7.56. The van der Waals surface area contributed by atoms with Crippen LogP contribution in [0.2, 0.25) is 0 Å². The molecule has 2 atom stereocenters. The number of halogens is 1. The molecule has 0 radical (unpaired) electrons. The molecule has 0 aromatic heterocycles. The van der Waals surface area contributed by atoms with Crippen molar-refractivity contribution in [3.63, 3.8) is 0 Å². The van der Waals surface area contributed by atoms with E-state index in [1.807, 2.05) is 0 Å². The topological polar surface area (TPSA) is 23.8 Å². The van der Waals surface area contributed by atoms with Crippen molar-refractivity contribution in [2.24, 2.45) is 5.92 Å². The third-order valence-electron chi connectivity index (χ3n) is 1.92. The quantitative estimate of drug-likeness (QED) is 0.390. The second-order valence-electron chi connectivity index (χ2n) is 2.69. The summed E-state index contributed by atoms with van der Waals surface area (Å²) < 4.78 is 0. The molecule has 0 aliphatic heterocycles. The largest absolute Gasteiger partial charge is 0.198 e. The van der Waals surface area contributed by atoms with Crippen LogP contribution in [0.4, 0.5) is 0 Å². The molecule has 10 heavy (non-hydrogen) atoms. The lowest BCUT2D eigenvalue weighted by molar-refractivity contribution is 0.512. The lowest BCUT2D eigenvalue weighted by Gasteiger charge is -2.23. The molecule has 54 valence electrons. The van der Waals surface area contributed by atoms with E-state index >= 15 is 0 Å². The van der Waals surface area contributed by atoms with Crippen LogP contribution in [0, 0.1) is 17.2 Å². The Bertz CT molecular complexity index is 180. The van der Waals surface area contributed by atoms with Gasteiger partial charge < -0.3 is 0 Å². The van der Waals surface area contributed by atoms with Gasteiger partial charge in [-0.15, -0.1) is 11.6 Å². The summed E-state index contributed by atoms with van der Waals surface area (Å²) >= 11 is 5.91. The van der Waals surface area contributed by atoms with E-state index in [0.717, 1.165) is 24.8 Å². The van der Waals surface area contributed by atoms with E-state index in [1.54, 1.807) is 0 Å². The average molecular weight is 156 g/mol. The first-order chi connectivity index (χ1) is 4.75. The molecule has 0 aromatic rings. The van der Waals surface area contributed by atoms with Gasteiger partial charge in [-0.3, -0.25) is 0 Å². The van der Waals surface area contributed by atoms with Crippen molar-refractivity contribution in [2.75, 3.05) is 0 Å². The fraction of sp³-hybridized carbons (Fsp3) is 0.625. The number of nitriles is 1. The van der Waals surface area contributed by atoms with Gasteiger partial charge >= 0.3 is 0 Å². The Labute approximate surface area is 66.3 Å². The monoisotopic (exact) mass is 155 g/mol. The molecule has 0 spiro atoms. The summed E-state index contributed by atoms with van der Waals surface area (Å²) in [7, 11) is 0. The van der Waals surface area contributed by atoms with Crippen LogP contribution >= 0.6 is 11.6 Å². The van der Waals surface area contributed by atoms with Gasteiger partial charge in [0.15, 0.2) is 0 Å². The molecule has 0 bridgehead atoms. The molecule has 0 saturated heterocycles. The minimum atomic E-state index is -0.0984. The SMILES string of the molecule is C=C1CCCC(C#N)C1Cl. The molecule has 1 aliphatic rings. The maximum atomic E-state index is 8.60. The number of hydrogen-bond donors (Lipinski definition) is 0. The third-order valence-corrected chi connectivity index (χ3v) is 2.53. The molecule has 0 aromatic carbocycles. The first kappa shape index (κ1) is 7.63. The van der Waals surface area contributed by atoms with Crippen LogP contribution in [0.1, 0.15) is 19.3 Å². The highest BCUT2D eigenvalue weighted by Crippen LogP contribution is 2.31. The van der Waals surface area contributed by atoms with Gasteiger partial charge in [-0.05, 0) is 19.3 Å². The summed E-state index contributed by atoms with van der Waals surface area (Å²) in [6.07, 6.45) is 3.00. The first-order valence-corrected chi connectivity index (χ1v) is 3.90. The molecule has 1 saturated carbocycles. The summed E-state index contributed by atoms with van der Waals surface area (Å²) in [6.45, 7) is 3.81. The summed E-state index contributed by atoms with van der Waals surface area (Å²) in [5.41, 5.74) is 1.03. The Morgan fingerprint density at radius 2 is 2.40 bits per heavy atom. The highest BCUT2D eigenvalue weighted by Gasteiger charge is 2.25. The molecule has 1 aliphatic carbocycles. The molecule has 0 amide bonds. The Morgan fingerprint density at radius 1 is 1.70 bits per heavy atom. The van der Waals surface area contributed by atoms with Crippen molar-refractivity contribution in [3.05, 3.63) is 12.2 Å². The number of nitrogens with zero attached hydrogens (tertiary/aromatic N) is 1. The van der Waals surface area contributed by atoms with Gasteiger partial charge in [0.25, 0.3) is 0 Å². The van der Waals surface area contributed by atoms with E-state index in [-0.39, 0.29) is 11.3 Å². The number of allylic oxidation sites excluding steroid dienone is 1. The summed E-state index contributed by atoms with van der Waals surface area (Å²) in [5.74, 6) is 0.00270. The van der Waals surface area contributed by atoms with Crippen molar-refractivity contribution in [2.45, 2.75) is 24.6 Å². The number of alkyl halides is 1. The van der Waals surface area contributed by atoms with Crippen molar-refractivity contribution < 1.29 is 0 Å². The molecular weight excluding hydrogens is 146 g/mol. The van der Waals surface area contributed by atoms with Gasteiger partial charge in [-0.25, -0.2) is 0 Å². The standard InChI is InChI=1S/C8H10ClN/c1-6-3-2-4-7(5-10)8(6)9/h7-8H,1-4H2. The fourth-order valence-corrected chi connectivity index (χ4v) is 1.54. The predicted octanol–water partition coefficient (Wildman–Crippen LogP) is 2.47. The molecule has 1 fully saturated rings. The van der Waals surface area contributed by atoms with Crippen LogP contribution in [-0.2, 0) is 0 Å². The fourth-order valence-electron chi connectivity index (χ4n) is 1.25. The maximum absolute atomic E-state index is 8.60. The van der Waals surface area contributed by atoms with Gasteiger partial charge in [-0.1, -0.05) is 12.2 Å². The number of hydrogen-bond acceptors (Lipinski definition) is 1. The van der Waals surface area contributed by atoms with Crippen molar-refractivity contribution >= 4 is 11.6 Å². The third kappa shape index (κ3) is 1.33. The normalized spacial score (nSPS) is 33.4. The van der Waals surface area contributed by atoms with Gasteiger partial charge in [-0.2, -0.15) is 5.26 Å². The van der Waals surface area contributed by atoms with Crippen LogP contribution < -0.4 is 0 Å². The van der Waals surface area contributed by atoms with E-state index < -0.39 is 0 Å². The van der Waals surface area contributed by atoms with Crippen LogP contribution in [0.3, 0.4) is 0 Å². The Kier molecular flexibility index (Phi) is 2.34. The van der Waals surface area contributed by atoms with E-state index in [1.165, 1.54) is 0 Å². The molecule has 1 rings (SSSR count). The van der Waals surface area contributed by atoms with Crippen molar-refractivity contribution in [3.8, 4) is 6.07 Å². The predicted molar refractivity (Wildman–Crippen MR) is 41.7 cm³/mol. The van der Waals surface area contributed by atoms with Crippen LogP contribution in [-0.4, -0.2) is 5.38 Å². The Hall–Kier alpha value is -0.480. The van der Waals surface area contributed by atoms with E-state index in [0.29, 0.717) is 0 Å². The van der Waals surface area contributed by atoms with Crippen molar-refractivity contribution in [1.82, 2.24) is 0 Å². The van der Waals surface area contributed by atoms with Crippen LogP contribution in [0.25, 0.3) is 0 Å². The zero-order valence-corrected chi connectivity index (χ0v) is 6.56. The lowest BCUT2D eigenvalue weighted by Crippen LogP contribution is -2.19. The molecule has 2 heteroatoms. The Balaban J connectivity index is 2.61. The zero-order valence-electron chi connectivity index (χ0n) is 5.81. The molecule has 0 N–H and O–H groups in total. The average Bonchev–Trinajstić information content (AvgIpc) is 1.95. The minimum Gasteiger partial charge on any atom is -0.198 e. The highest BCUT2D eigenvalue weighted by atomic mass is 35.5. The minimum absolute atomic E-state index is 0.00270. The van der Waals surface area contributed by atoms with Gasteiger partial charge in [0.05, 0.1) is 17.4 Å². The van der Waals surface area contributed by atoms with Crippen molar-refractivity contribution in [1.29, 1.82) is 5.26 Å². The first-order valence-electron chi connectivity index (χ1n) is 3.47. The van der Waals surface area contributed by atoms with Crippen LogP contribution in [0.5, 0.6) is 0 Å². The number of rotatable bonds is 0. The second-order valence-corrected chi connectivity index (χ2v) is 3.16. The summed E-state index contributed by atoms with van der Waals surface area (Å²) in [4.78, 5) is 0. The lowest BCUT2D eigenvalue weighted by atomic mass is 9.87. The molecule has 0 heterocycles. The molecule has 1 nitrogen and oxygen atoms in total. The summed E-state index contributed by atoms with van der Waals surface area (Å²) in [6, 6.07) is 2.19. The van der Waals surface area contributed by atoms with Gasteiger partial charge in [0.2, 0.25) is 0 Å². The maximum Gasteiger partial charge on any atom is 0.0700 e. The van der Waals surface area contributed by atoms with E-state index in [9.17, 15) is 0 Å². The molecular formula is C8H10ClN. The van der Waals surface area contributed by atoms with E-state index in [2.05, 4.69) is 12.6 Å². The summed E-state index contributed by atoms with van der Waals surface area (Å²) in [5, 5.41) is 8.51. The second kappa shape index (κ2) is 3.07. The van der Waals surface area contributed by atoms with Crippen LogP contribution in [0.15, 0.2) is 12.2 Å². The Morgan fingerprint density at radius 3 is 2.90 bits per heavy atom.